The molecule has 1 aliphatic rings. The van der Waals surface area contributed by atoms with Gasteiger partial charge >= 0.3 is 5.97 Å². The molecule has 0 aromatic heterocycles. The Kier molecular flexibility index (Phi) is 4.02. The van der Waals surface area contributed by atoms with Gasteiger partial charge in [-0.2, -0.15) is 0 Å². The van der Waals surface area contributed by atoms with E-state index < -0.39 is 11.9 Å². The Bertz CT molecular complexity index is 556. The molecule has 0 unspecified atom stereocenters. The molecule has 2 amide bonds. The highest BCUT2D eigenvalue weighted by Crippen LogP contribution is 2.14. The lowest BCUT2D eigenvalue weighted by atomic mass is 10.1. The van der Waals surface area contributed by atoms with Crippen molar-refractivity contribution in [3.05, 3.63) is 35.4 Å². The quantitative estimate of drug-likeness (QED) is 0.862. The highest BCUT2D eigenvalue weighted by molar-refractivity contribution is 6.05. The first-order valence-electron chi connectivity index (χ1n) is 6.36. The Morgan fingerprint density at radius 3 is 2.45 bits per heavy atom. The molecule has 0 aliphatic carbocycles. The van der Waals surface area contributed by atoms with Gasteiger partial charge in [0.2, 0.25) is 5.91 Å². The van der Waals surface area contributed by atoms with Crippen molar-refractivity contribution >= 4 is 17.8 Å². The number of hydrogen-bond acceptors (Lipinski definition) is 3. The first kappa shape index (κ1) is 14.0. The number of amides is 2. The number of aromatic carboxylic acids is 1. The average Bonchev–Trinajstić information content (AvgIpc) is 2.60. The Balaban J connectivity index is 2.27. The Morgan fingerprint density at radius 1 is 1.15 bits per heavy atom. The molecular weight excluding hydrogens is 260 g/mol. The third-order valence-electron chi connectivity index (χ3n) is 3.35. The first-order chi connectivity index (χ1) is 9.50. The molecule has 6 nitrogen and oxygen atoms in total. The molecular formula is C14H16N2O4. The number of nitrogens with zero attached hydrogens (tertiary/aromatic N) is 2. The maximum absolute atomic E-state index is 12.4. The second-order valence-electron chi connectivity index (χ2n) is 4.75. The fourth-order valence-corrected chi connectivity index (χ4v) is 2.19. The lowest BCUT2D eigenvalue weighted by Crippen LogP contribution is -2.38. The second-order valence-corrected chi connectivity index (χ2v) is 4.75. The number of rotatable bonds is 2. The average molecular weight is 276 g/mol. The van der Waals surface area contributed by atoms with Gasteiger partial charge in [-0.15, -0.1) is 0 Å². The van der Waals surface area contributed by atoms with Gasteiger partial charge in [-0.1, -0.05) is 12.1 Å². The van der Waals surface area contributed by atoms with Gasteiger partial charge in [0.05, 0.1) is 11.1 Å². The summed E-state index contributed by atoms with van der Waals surface area (Å²) in [6.07, 6.45) is 0.684. The van der Waals surface area contributed by atoms with Crippen LogP contribution in [-0.4, -0.2) is 59.4 Å². The zero-order valence-electron chi connectivity index (χ0n) is 11.2. The van der Waals surface area contributed by atoms with Gasteiger partial charge < -0.3 is 14.9 Å². The van der Waals surface area contributed by atoms with E-state index in [0.717, 1.165) is 0 Å². The van der Waals surface area contributed by atoms with Crippen LogP contribution in [0.3, 0.4) is 0 Å². The van der Waals surface area contributed by atoms with E-state index in [2.05, 4.69) is 0 Å². The Morgan fingerprint density at radius 2 is 1.80 bits per heavy atom. The topological polar surface area (TPSA) is 77.9 Å². The molecule has 1 aromatic carbocycles. The summed E-state index contributed by atoms with van der Waals surface area (Å²) in [5.41, 5.74) is 0.0832. The van der Waals surface area contributed by atoms with Crippen LogP contribution in [0.25, 0.3) is 0 Å². The van der Waals surface area contributed by atoms with Crippen molar-refractivity contribution in [2.45, 2.75) is 6.42 Å². The van der Waals surface area contributed by atoms with E-state index in [-0.39, 0.29) is 23.6 Å². The monoisotopic (exact) mass is 276 g/mol. The summed E-state index contributed by atoms with van der Waals surface area (Å²) < 4.78 is 0. The number of carboxylic acid groups (broad SMARTS) is 1. The summed E-state index contributed by atoms with van der Waals surface area (Å²) in [7, 11) is 1.70. The molecule has 106 valence electrons. The van der Waals surface area contributed by atoms with Crippen LogP contribution in [0.5, 0.6) is 0 Å². The zero-order valence-corrected chi connectivity index (χ0v) is 11.2. The van der Waals surface area contributed by atoms with E-state index >= 15 is 0 Å². The van der Waals surface area contributed by atoms with Gasteiger partial charge in [0.1, 0.15) is 6.54 Å². The van der Waals surface area contributed by atoms with Crippen molar-refractivity contribution < 1.29 is 19.5 Å². The van der Waals surface area contributed by atoms with Gasteiger partial charge in [-0.05, 0) is 18.6 Å². The molecule has 0 radical (unpaired) electrons. The highest BCUT2D eigenvalue weighted by atomic mass is 16.4. The summed E-state index contributed by atoms with van der Waals surface area (Å²) in [6.45, 7) is 1.04. The summed E-state index contributed by atoms with van der Waals surface area (Å²) in [4.78, 5) is 38.4. The largest absolute Gasteiger partial charge is 0.478 e. The minimum atomic E-state index is -1.15. The lowest BCUT2D eigenvalue weighted by Gasteiger charge is -2.20. The van der Waals surface area contributed by atoms with Crippen molar-refractivity contribution in [2.24, 2.45) is 0 Å². The normalized spacial score (nSPS) is 15.9. The fraction of sp³-hybridized carbons (Fsp3) is 0.357. The van der Waals surface area contributed by atoms with Gasteiger partial charge in [-0.25, -0.2) is 4.79 Å². The van der Waals surface area contributed by atoms with Crippen LogP contribution < -0.4 is 0 Å². The van der Waals surface area contributed by atoms with Crippen molar-refractivity contribution in [3.8, 4) is 0 Å². The molecule has 2 rings (SSSR count). The van der Waals surface area contributed by atoms with Gasteiger partial charge in [-0.3, -0.25) is 9.59 Å². The summed E-state index contributed by atoms with van der Waals surface area (Å²) in [5, 5.41) is 9.12. The molecule has 1 aliphatic heterocycles. The third-order valence-corrected chi connectivity index (χ3v) is 3.35. The number of carbonyl (C=O) groups is 3. The molecule has 0 atom stereocenters. The number of hydrogen-bond donors (Lipinski definition) is 1. The molecule has 6 heteroatoms. The minimum Gasteiger partial charge on any atom is -0.478 e. The van der Waals surface area contributed by atoms with Crippen LogP contribution in [-0.2, 0) is 4.79 Å². The number of benzene rings is 1. The Labute approximate surface area is 116 Å². The SMILES string of the molecule is CN1CCCN(C(=O)c2ccccc2C(=O)O)CC1=O. The van der Waals surface area contributed by atoms with Gasteiger partial charge in [0.25, 0.3) is 5.91 Å². The molecule has 1 heterocycles. The smallest absolute Gasteiger partial charge is 0.336 e. The molecule has 0 saturated carbocycles. The Hall–Kier alpha value is -2.37. The summed E-state index contributed by atoms with van der Waals surface area (Å²) in [5.74, 6) is -1.69. The number of carboxylic acids is 1. The second kappa shape index (κ2) is 5.73. The molecule has 20 heavy (non-hydrogen) atoms. The lowest BCUT2D eigenvalue weighted by molar-refractivity contribution is -0.129. The zero-order chi connectivity index (χ0) is 14.7. The molecule has 1 fully saturated rings. The predicted octanol–water partition coefficient (Wildman–Crippen LogP) is 0.689. The van der Waals surface area contributed by atoms with E-state index in [0.29, 0.717) is 19.5 Å². The highest BCUT2D eigenvalue weighted by Gasteiger charge is 2.26. The van der Waals surface area contributed by atoms with Crippen molar-refractivity contribution in [1.82, 2.24) is 9.80 Å². The van der Waals surface area contributed by atoms with Crippen molar-refractivity contribution in [1.29, 1.82) is 0 Å². The number of carbonyl (C=O) groups excluding carboxylic acids is 2. The van der Waals surface area contributed by atoms with E-state index in [1.807, 2.05) is 0 Å². The first-order valence-corrected chi connectivity index (χ1v) is 6.36. The summed E-state index contributed by atoms with van der Waals surface area (Å²) in [6, 6.07) is 6.05. The maximum Gasteiger partial charge on any atom is 0.336 e. The van der Waals surface area contributed by atoms with Crippen LogP contribution >= 0.6 is 0 Å². The predicted molar refractivity (Wildman–Crippen MR) is 71.6 cm³/mol. The van der Waals surface area contributed by atoms with Crippen LogP contribution in [0.1, 0.15) is 27.1 Å². The van der Waals surface area contributed by atoms with Crippen LogP contribution in [0.2, 0.25) is 0 Å². The number of likely N-dealkylation sites (N-methyl/N-ethyl adjacent to an activating group) is 1. The molecule has 1 aromatic rings. The van der Waals surface area contributed by atoms with Crippen LogP contribution in [0.4, 0.5) is 0 Å². The van der Waals surface area contributed by atoms with Gasteiger partial charge in [0.15, 0.2) is 0 Å². The van der Waals surface area contributed by atoms with E-state index in [9.17, 15) is 14.4 Å². The molecule has 0 bridgehead atoms. The van der Waals surface area contributed by atoms with Crippen molar-refractivity contribution in [3.63, 3.8) is 0 Å². The van der Waals surface area contributed by atoms with E-state index in [4.69, 9.17) is 5.11 Å². The fourth-order valence-electron chi connectivity index (χ4n) is 2.19. The van der Waals surface area contributed by atoms with Crippen LogP contribution in [0.15, 0.2) is 24.3 Å². The third kappa shape index (κ3) is 2.79. The van der Waals surface area contributed by atoms with Crippen molar-refractivity contribution in [2.75, 3.05) is 26.7 Å². The maximum atomic E-state index is 12.4. The molecule has 1 saturated heterocycles. The molecule has 0 spiro atoms. The molecule has 1 N–H and O–H groups in total. The summed E-state index contributed by atoms with van der Waals surface area (Å²) >= 11 is 0. The van der Waals surface area contributed by atoms with E-state index in [1.54, 1.807) is 24.1 Å². The van der Waals surface area contributed by atoms with Crippen LogP contribution in [0, 0.1) is 0 Å². The standard InChI is InChI=1S/C14H16N2O4/c1-15-7-4-8-16(9-12(15)17)13(18)10-5-2-3-6-11(10)14(19)20/h2-3,5-6H,4,7-9H2,1H3,(H,19,20). The minimum absolute atomic E-state index is 0.0106. The van der Waals surface area contributed by atoms with E-state index in [1.165, 1.54) is 17.0 Å². The van der Waals surface area contributed by atoms with Gasteiger partial charge in [0, 0.05) is 20.1 Å².